The highest BCUT2D eigenvalue weighted by Crippen LogP contribution is 2.26. The zero-order chi connectivity index (χ0) is 14.0. The number of hydrogen-bond donors (Lipinski definition) is 2. The smallest absolute Gasteiger partial charge is 0.0513 e. The molecule has 0 spiro atoms. The Balaban J connectivity index is 2.49. The van der Waals surface area contributed by atoms with Gasteiger partial charge in [0.25, 0.3) is 0 Å². The predicted molar refractivity (Wildman–Crippen MR) is 77.1 cm³/mol. The first-order chi connectivity index (χ1) is 9.26. The molecule has 108 valence electrons. The van der Waals surface area contributed by atoms with E-state index >= 15 is 0 Å². The number of aliphatic hydroxyl groups excluding tert-OH is 2. The van der Waals surface area contributed by atoms with E-state index in [0.29, 0.717) is 19.4 Å². The number of hydrogen-bond acceptors (Lipinski definition) is 3. The molecule has 1 rings (SSSR count). The summed E-state index contributed by atoms with van der Waals surface area (Å²) in [4.78, 5) is 0. The Labute approximate surface area is 116 Å². The molecule has 3 heteroatoms. The molecule has 1 aromatic carbocycles. The minimum Gasteiger partial charge on any atom is -0.396 e. The SMILES string of the molecule is CCCCOCCC(CO)(CO)Cc1ccccc1. The zero-order valence-electron chi connectivity index (χ0n) is 11.8. The fourth-order valence-corrected chi connectivity index (χ4v) is 2.07. The summed E-state index contributed by atoms with van der Waals surface area (Å²) in [6.45, 7) is 3.44. The molecule has 0 aliphatic heterocycles. The Morgan fingerprint density at radius 3 is 2.32 bits per heavy atom. The van der Waals surface area contributed by atoms with Gasteiger partial charge in [0.1, 0.15) is 0 Å². The second-order valence-corrected chi connectivity index (χ2v) is 5.19. The maximum absolute atomic E-state index is 9.62. The largest absolute Gasteiger partial charge is 0.396 e. The van der Waals surface area contributed by atoms with Gasteiger partial charge in [-0.3, -0.25) is 0 Å². The number of ether oxygens (including phenoxy) is 1. The highest BCUT2D eigenvalue weighted by Gasteiger charge is 2.28. The van der Waals surface area contributed by atoms with Crippen molar-refractivity contribution in [1.29, 1.82) is 0 Å². The van der Waals surface area contributed by atoms with E-state index in [2.05, 4.69) is 6.92 Å². The number of unbranched alkanes of at least 4 members (excludes halogenated alkanes) is 1. The van der Waals surface area contributed by atoms with Gasteiger partial charge in [-0.25, -0.2) is 0 Å². The summed E-state index contributed by atoms with van der Waals surface area (Å²) >= 11 is 0. The summed E-state index contributed by atoms with van der Waals surface area (Å²) in [5.41, 5.74) is 0.660. The first kappa shape index (κ1) is 16.2. The molecule has 2 N–H and O–H groups in total. The normalized spacial score (nSPS) is 11.7. The van der Waals surface area contributed by atoms with Crippen molar-refractivity contribution in [3.63, 3.8) is 0 Å². The quantitative estimate of drug-likeness (QED) is 0.639. The highest BCUT2D eigenvalue weighted by atomic mass is 16.5. The Bertz CT molecular complexity index is 320. The lowest BCUT2D eigenvalue weighted by molar-refractivity contribution is 0.0155. The van der Waals surface area contributed by atoms with Gasteiger partial charge in [0.05, 0.1) is 13.2 Å². The molecule has 0 unspecified atom stereocenters. The van der Waals surface area contributed by atoms with Crippen LogP contribution in [-0.4, -0.2) is 36.6 Å². The van der Waals surface area contributed by atoms with Crippen LogP contribution in [0.5, 0.6) is 0 Å². The maximum Gasteiger partial charge on any atom is 0.0513 e. The van der Waals surface area contributed by atoms with Crippen LogP contribution in [0.25, 0.3) is 0 Å². The summed E-state index contributed by atoms with van der Waals surface area (Å²) in [6.07, 6.45) is 3.54. The van der Waals surface area contributed by atoms with Crippen molar-refractivity contribution in [3.05, 3.63) is 35.9 Å². The lowest BCUT2D eigenvalue weighted by Crippen LogP contribution is -2.34. The van der Waals surface area contributed by atoms with E-state index in [0.717, 1.165) is 25.0 Å². The topological polar surface area (TPSA) is 49.7 Å². The minimum absolute atomic E-state index is 0.0183. The average Bonchev–Trinajstić information content (AvgIpc) is 2.47. The second kappa shape index (κ2) is 9.08. The van der Waals surface area contributed by atoms with E-state index in [4.69, 9.17) is 4.74 Å². The van der Waals surface area contributed by atoms with Gasteiger partial charge in [0.15, 0.2) is 0 Å². The molecule has 0 atom stereocenters. The van der Waals surface area contributed by atoms with Crippen LogP contribution < -0.4 is 0 Å². The van der Waals surface area contributed by atoms with Crippen LogP contribution >= 0.6 is 0 Å². The van der Waals surface area contributed by atoms with Gasteiger partial charge >= 0.3 is 0 Å². The third kappa shape index (κ3) is 5.72. The van der Waals surface area contributed by atoms with Crippen LogP contribution in [0.1, 0.15) is 31.7 Å². The van der Waals surface area contributed by atoms with Gasteiger partial charge < -0.3 is 14.9 Å². The van der Waals surface area contributed by atoms with Gasteiger partial charge in [-0.15, -0.1) is 0 Å². The van der Waals surface area contributed by atoms with Crippen LogP contribution in [0.2, 0.25) is 0 Å². The molecule has 19 heavy (non-hydrogen) atoms. The second-order valence-electron chi connectivity index (χ2n) is 5.19. The number of benzene rings is 1. The monoisotopic (exact) mass is 266 g/mol. The van der Waals surface area contributed by atoms with E-state index in [9.17, 15) is 10.2 Å². The molecule has 0 amide bonds. The minimum atomic E-state index is -0.479. The standard InChI is InChI=1S/C16H26O3/c1-2-3-10-19-11-9-16(13-17,14-18)12-15-7-5-4-6-8-15/h4-8,17-18H,2-3,9-14H2,1H3. The van der Waals surface area contributed by atoms with Gasteiger partial charge in [0.2, 0.25) is 0 Å². The fraction of sp³-hybridized carbons (Fsp3) is 0.625. The van der Waals surface area contributed by atoms with Crippen molar-refractivity contribution in [2.45, 2.75) is 32.6 Å². The molecule has 0 heterocycles. The van der Waals surface area contributed by atoms with E-state index < -0.39 is 5.41 Å². The zero-order valence-corrected chi connectivity index (χ0v) is 11.8. The van der Waals surface area contributed by atoms with Crippen molar-refractivity contribution < 1.29 is 14.9 Å². The van der Waals surface area contributed by atoms with Gasteiger partial charge in [-0.1, -0.05) is 43.7 Å². The molecular weight excluding hydrogens is 240 g/mol. The molecule has 0 aliphatic rings. The van der Waals surface area contributed by atoms with Gasteiger partial charge in [-0.05, 0) is 24.8 Å². The number of rotatable bonds is 10. The average molecular weight is 266 g/mol. The highest BCUT2D eigenvalue weighted by molar-refractivity contribution is 5.16. The lowest BCUT2D eigenvalue weighted by atomic mass is 9.80. The molecule has 0 saturated carbocycles. The molecule has 0 bridgehead atoms. The first-order valence-corrected chi connectivity index (χ1v) is 7.10. The van der Waals surface area contributed by atoms with E-state index in [1.54, 1.807) is 0 Å². The lowest BCUT2D eigenvalue weighted by Gasteiger charge is -2.30. The molecule has 0 saturated heterocycles. The Kier molecular flexibility index (Phi) is 7.72. The van der Waals surface area contributed by atoms with Crippen LogP contribution in [0.3, 0.4) is 0 Å². The molecule has 0 aliphatic carbocycles. The third-order valence-corrected chi connectivity index (χ3v) is 3.51. The van der Waals surface area contributed by atoms with E-state index in [1.165, 1.54) is 0 Å². The van der Waals surface area contributed by atoms with Crippen LogP contribution in [0, 0.1) is 5.41 Å². The van der Waals surface area contributed by atoms with E-state index in [-0.39, 0.29) is 13.2 Å². The molecule has 3 nitrogen and oxygen atoms in total. The maximum atomic E-state index is 9.62. The van der Waals surface area contributed by atoms with Crippen molar-refractivity contribution in [3.8, 4) is 0 Å². The number of aliphatic hydroxyl groups is 2. The Morgan fingerprint density at radius 1 is 1.05 bits per heavy atom. The van der Waals surface area contributed by atoms with Crippen LogP contribution in [0.4, 0.5) is 0 Å². The van der Waals surface area contributed by atoms with Crippen LogP contribution in [0.15, 0.2) is 30.3 Å². The fourth-order valence-electron chi connectivity index (χ4n) is 2.07. The first-order valence-electron chi connectivity index (χ1n) is 7.10. The summed E-state index contributed by atoms with van der Waals surface area (Å²) in [6, 6.07) is 9.98. The Hall–Kier alpha value is -0.900. The Morgan fingerprint density at radius 2 is 1.74 bits per heavy atom. The molecular formula is C16H26O3. The summed E-state index contributed by atoms with van der Waals surface area (Å²) in [5.74, 6) is 0. The summed E-state index contributed by atoms with van der Waals surface area (Å²) in [5, 5.41) is 19.2. The molecule has 0 radical (unpaired) electrons. The third-order valence-electron chi connectivity index (χ3n) is 3.51. The van der Waals surface area contributed by atoms with Crippen molar-refractivity contribution in [2.24, 2.45) is 5.41 Å². The van der Waals surface area contributed by atoms with E-state index in [1.807, 2.05) is 30.3 Å². The summed E-state index contributed by atoms with van der Waals surface area (Å²) in [7, 11) is 0. The molecule has 0 aromatic heterocycles. The molecule has 1 aromatic rings. The predicted octanol–water partition coefficient (Wildman–Crippen LogP) is 2.41. The van der Waals surface area contributed by atoms with Crippen molar-refractivity contribution in [1.82, 2.24) is 0 Å². The van der Waals surface area contributed by atoms with Gasteiger partial charge in [0, 0.05) is 18.6 Å². The summed E-state index contributed by atoms with van der Waals surface area (Å²) < 4.78 is 5.55. The van der Waals surface area contributed by atoms with Crippen molar-refractivity contribution in [2.75, 3.05) is 26.4 Å². The van der Waals surface area contributed by atoms with Crippen LogP contribution in [-0.2, 0) is 11.2 Å². The van der Waals surface area contributed by atoms with Crippen molar-refractivity contribution >= 4 is 0 Å². The molecule has 0 fully saturated rings. The van der Waals surface area contributed by atoms with Gasteiger partial charge in [-0.2, -0.15) is 0 Å².